The van der Waals surface area contributed by atoms with Crippen LogP contribution in [0.2, 0.25) is 5.15 Å². The highest BCUT2D eigenvalue weighted by atomic mass is 35.5. The topological polar surface area (TPSA) is 33.2 Å². The van der Waals surface area contributed by atoms with Gasteiger partial charge < -0.3 is 4.90 Å². The minimum absolute atomic E-state index is 0.124. The van der Waals surface area contributed by atoms with Gasteiger partial charge in [-0.25, -0.2) is 4.98 Å². The molecule has 1 saturated carbocycles. The number of rotatable bonds is 2. The fourth-order valence-corrected chi connectivity index (χ4v) is 3.49. The second-order valence-electron chi connectivity index (χ2n) is 6.05. The Bertz CT molecular complexity index is 515. The molecule has 1 aromatic heterocycles. The average molecular weight is 279 g/mol. The zero-order valence-corrected chi connectivity index (χ0v) is 12.2. The molecular weight excluding hydrogens is 260 g/mol. The molecule has 0 N–H and O–H groups in total. The van der Waals surface area contributed by atoms with Crippen LogP contribution in [0.15, 0.2) is 12.1 Å². The van der Waals surface area contributed by atoms with Crippen molar-refractivity contribution in [3.05, 3.63) is 28.5 Å². The first kappa shape index (κ1) is 12.9. The lowest BCUT2D eigenvalue weighted by molar-refractivity contribution is 0.0703. The molecule has 0 radical (unpaired) electrons. The summed E-state index contributed by atoms with van der Waals surface area (Å²) in [6, 6.07) is 4.04. The molecule has 4 heteroatoms. The summed E-state index contributed by atoms with van der Waals surface area (Å²) >= 11 is 6.04. The standard InChI is InChI=1S/C15H19ClN2O/c1-9(2)13-6-11(7-14(16)17-13)15(19)18-8-10-3-4-12(18)5-10/h6-7,9-10,12H,3-5,8H2,1-2H3. The van der Waals surface area contributed by atoms with Gasteiger partial charge in [-0.15, -0.1) is 0 Å². The first-order chi connectivity index (χ1) is 9.04. The maximum atomic E-state index is 12.6. The molecule has 1 saturated heterocycles. The van der Waals surface area contributed by atoms with Gasteiger partial charge in [0.25, 0.3) is 5.91 Å². The van der Waals surface area contributed by atoms with E-state index in [1.807, 2.05) is 11.0 Å². The Balaban J connectivity index is 1.87. The molecule has 3 nitrogen and oxygen atoms in total. The Kier molecular flexibility index (Phi) is 3.25. The largest absolute Gasteiger partial charge is 0.335 e. The van der Waals surface area contributed by atoms with E-state index in [9.17, 15) is 4.79 Å². The van der Waals surface area contributed by atoms with Crippen molar-refractivity contribution in [2.45, 2.75) is 45.1 Å². The number of likely N-dealkylation sites (tertiary alicyclic amines) is 1. The van der Waals surface area contributed by atoms with Crippen molar-refractivity contribution >= 4 is 17.5 Å². The predicted octanol–water partition coefficient (Wildman–Crippen LogP) is 3.48. The molecule has 1 amide bonds. The lowest BCUT2D eigenvalue weighted by Gasteiger charge is -2.27. The summed E-state index contributed by atoms with van der Waals surface area (Å²) in [7, 11) is 0. The van der Waals surface area contributed by atoms with Crippen LogP contribution in [0.4, 0.5) is 0 Å². The third-order valence-corrected chi connectivity index (χ3v) is 4.52. The van der Waals surface area contributed by atoms with E-state index in [0.717, 1.165) is 24.6 Å². The van der Waals surface area contributed by atoms with Crippen molar-refractivity contribution in [3.8, 4) is 0 Å². The number of carbonyl (C=O) groups is 1. The molecule has 2 aliphatic rings. The summed E-state index contributed by atoms with van der Waals surface area (Å²) in [5.41, 5.74) is 1.58. The number of aromatic nitrogens is 1. The lowest BCUT2D eigenvalue weighted by Crippen LogP contribution is -2.37. The Hall–Kier alpha value is -1.09. The van der Waals surface area contributed by atoms with Crippen molar-refractivity contribution < 1.29 is 4.79 Å². The molecule has 19 heavy (non-hydrogen) atoms. The van der Waals surface area contributed by atoms with Gasteiger partial charge in [0, 0.05) is 23.8 Å². The van der Waals surface area contributed by atoms with Crippen LogP contribution < -0.4 is 0 Å². The van der Waals surface area contributed by atoms with Gasteiger partial charge in [-0.1, -0.05) is 25.4 Å². The SMILES string of the molecule is CC(C)c1cc(C(=O)N2CC3CCC2C3)cc(Cl)n1. The molecule has 1 aromatic rings. The smallest absolute Gasteiger partial charge is 0.254 e. The molecule has 2 fully saturated rings. The van der Waals surface area contributed by atoms with Crippen LogP contribution in [0.3, 0.4) is 0 Å². The number of fused-ring (bicyclic) bond motifs is 2. The van der Waals surface area contributed by atoms with Crippen LogP contribution in [-0.4, -0.2) is 28.4 Å². The van der Waals surface area contributed by atoms with Gasteiger partial charge in [-0.2, -0.15) is 0 Å². The zero-order valence-electron chi connectivity index (χ0n) is 11.4. The number of piperidine rings is 1. The van der Waals surface area contributed by atoms with Crippen molar-refractivity contribution in [3.63, 3.8) is 0 Å². The molecule has 0 spiro atoms. The second kappa shape index (κ2) is 4.78. The van der Waals surface area contributed by atoms with Gasteiger partial charge in [-0.3, -0.25) is 4.79 Å². The van der Waals surface area contributed by atoms with Gasteiger partial charge >= 0.3 is 0 Å². The number of pyridine rings is 1. The van der Waals surface area contributed by atoms with E-state index < -0.39 is 0 Å². The fraction of sp³-hybridized carbons (Fsp3) is 0.600. The summed E-state index contributed by atoms with van der Waals surface area (Å²) in [6.45, 7) is 5.04. The number of hydrogen-bond donors (Lipinski definition) is 0. The minimum atomic E-state index is 0.124. The first-order valence-electron chi connectivity index (χ1n) is 7.03. The summed E-state index contributed by atoms with van der Waals surface area (Å²) in [5.74, 6) is 1.12. The number of halogens is 1. The molecule has 102 valence electrons. The van der Waals surface area contributed by atoms with Gasteiger partial charge in [-0.05, 0) is 43.2 Å². The molecular formula is C15H19ClN2O. The summed E-state index contributed by atoms with van der Waals surface area (Å²) in [6.07, 6.45) is 3.62. The van der Waals surface area contributed by atoms with Crippen molar-refractivity contribution in [1.29, 1.82) is 0 Å². The Morgan fingerprint density at radius 1 is 1.42 bits per heavy atom. The molecule has 2 unspecified atom stereocenters. The lowest BCUT2D eigenvalue weighted by atomic mass is 10.1. The number of carbonyl (C=O) groups excluding carboxylic acids is 1. The van der Waals surface area contributed by atoms with Gasteiger partial charge in [0.1, 0.15) is 5.15 Å². The van der Waals surface area contributed by atoms with E-state index in [0.29, 0.717) is 16.8 Å². The average Bonchev–Trinajstić information content (AvgIpc) is 2.99. The third-order valence-electron chi connectivity index (χ3n) is 4.32. The quantitative estimate of drug-likeness (QED) is 0.776. The fourth-order valence-electron chi connectivity index (χ4n) is 3.28. The Morgan fingerprint density at radius 2 is 2.21 bits per heavy atom. The van der Waals surface area contributed by atoms with E-state index in [1.165, 1.54) is 12.8 Å². The number of nitrogens with zero attached hydrogens (tertiary/aromatic N) is 2. The summed E-state index contributed by atoms with van der Waals surface area (Å²) in [4.78, 5) is 18.9. The molecule has 2 bridgehead atoms. The maximum absolute atomic E-state index is 12.6. The highest BCUT2D eigenvalue weighted by molar-refractivity contribution is 6.29. The molecule has 1 aliphatic carbocycles. The number of amides is 1. The van der Waals surface area contributed by atoms with Crippen LogP contribution in [-0.2, 0) is 0 Å². The molecule has 2 atom stereocenters. The van der Waals surface area contributed by atoms with Crippen LogP contribution >= 0.6 is 11.6 Å². The van der Waals surface area contributed by atoms with Crippen LogP contribution in [0.5, 0.6) is 0 Å². The maximum Gasteiger partial charge on any atom is 0.254 e. The highest BCUT2D eigenvalue weighted by Crippen LogP contribution is 2.38. The van der Waals surface area contributed by atoms with E-state index in [2.05, 4.69) is 18.8 Å². The van der Waals surface area contributed by atoms with Crippen molar-refractivity contribution in [2.75, 3.05) is 6.54 Å². The highest BCUT2D eigenvalue weighted by Gasteiger charge is 2.40. The van der Waals surface area contributed by atoms with Gasteiger partial charge in [0.15, 0.2) is 0 Å². The first-order valence-corrected chi connectivity index (χ1v) is 7.41. The molecule has 3 rings (SSSR count). The predicted molar refractivity (Wildman–Crippen MR) is 75.5 cm³/mol. The van der Waals surface area contributed by atoms with Gasteiger partial charge in [0.05, 0.1) is 0 Å². The third kappa shape index (κ3) is 2.36. The Labute approximate surface area is 119 Å². The van der Waals surface area contributed by atoms with E-state index >= 15 is 0 Å². The van der Waals surface area contributed by atoms with Gasteiger partial charge in [0.2, 0.25) is 0 Å². The summed E-state index contributed by atoms with van der Waals surface area (Å²) in [5, 5.41) is 0.416. The van der Waals surface area contributed by atoms with E-state index in [4.69, 9.17) is 11.6 Å². The summed E-state index contributed by atoms with van der Waals surface area (Å²) < 4.78 is 0. The zero-order chi connectivity index (χ0) is 13.6. The van der Waals surface area contributed by atoms with Crippen molar-refractivity contribution in [2.24, 2.45) is 5.92 Å². The van der Waals surface area contributed by atoms with E-state index in [1.54, 1.807) is 6.07 Å². The molecule has 1 aliphatic heterocycles. The second-order valence-corrected chi connectivity index (χ2v) is 6.44. The Morgan fingerprint density at radius 3 is 2.79 bits per heavy atom. The van der Waals surface area contributed by atoms with Crippen LogP contribution in [0.1, 0.15) is 55.1 Å². The molecule has 2 heterocycles. The minimum Gasteiger partial charge on any atom is -0.335 e. The number of hydrogen-bond acceptors (Lipinski definition) is 2. The monoisotopic (exact) mass is 278 g/mol. The van der Waals surface area contributed by atoms with E-state index in [-0.39, 0.29) is 11.8 Å². The van der Waals surface area contributed by atoms with Crippen LogP contribution in [0, 0.1) is 5.92 Å². The normalized spacial score (nSPS) is 25.4. The van der Waals surface area contributed by atoms with Crippen LogP contribution in [0.25, 0.3) is 0 Å². The van der Waals surface area contributed by atoms with Crippen molar-refractivity contribution in [1.82, 2.24) is 9.88 Å². The molecule has 0 aromatic carbocycles.